The van der Waals surface area contributed by atoms with Gasteiger partial charge in [0.2, 0.25) is 0 Å². The number of hydrogen-bond donors (Lipinski definition) is 1. The highest BCUT2D eigenvalue weighted by Gasteiger charge is 2.51. The minimum absolute atomic E-state index is 0.138. The maximum Gasteiger partial charge on any atom is 0.264 e. The van der Waals surface area contributed by atoms with Gasteiger partial charge < -0.3 is 5.32 Å². The summed E-state index contributed by atoms with van der Waals surface area (Å²) >= 11 is 0. The number of anilines is 1. The Balaban J connectivity index is 1.37. The third kappa shape index (κ3) is 4.68. The fourth-order valence-electron chi connectivity index (χ4n) is 7.34. The van der Waals surface area contributed by atoms with Gasteiger partial charge in [0, 0.05) is 5.54 Å². The fraction of sp³-hybridized carbons (Fsp3) is 0.387. The number of hydrogen-bond acceptors (Lipinski definition) is 3. The van der Waals surface area contributed by atoms with Crippen LogP contribution in [0.2, 0.25) is 0 Å². The third-order valence-electron chi connectivity index (χ3n) is 8.61. The highest BCUT2D eigenvalue weighted by atomic mass is 32.2. The van der Waals surface area contributed by atoms with E-state index in [2.05, 4.69) is 5.32 Å². The summed E-state index contributed by atoms with van der Waals surface area (Å²) in [5.74, 6) is 1.95. The Labute approximate surface area is 220 Å². The number of amides is 1. The molecule has 1 amide bonds. The molecule has 0 aromatic heterocycles. The first-order valence-electron chi connectivity index (χ1n) is 13.4. The standard InChI is InChI=1S/C31H34N2O3S/c1-22-11-13-27(14-12-22)37(35,36)33(21-23-7-3-2-4-8-23)29-10-6-5-9-28(29)30(34)32-31-18-24-15-25(19-31)17-26(16-24)20-31/h2-14,24-26H,15-21H2,1H3,(H,32,34). The smallest absolute Gasteiger partial charge is 0.264 e. The molecule has 3 aromatic carbocycles. The summed E-state index contributed by atoms with van der Waals surface area (Å²) in [4.78, 5) is 14.1. The van der Waals surface area contributed by atoms with Crippen LogP contribution in [-0.2, 0) is 16.6 Å². The van der Waals surface area contributed by atoms with E-state index in [1.165, 1.54) is 23.6 Å². The van der Waals surface area contributed by atoms with E-state index in [1.54, 1.807) is 42.5 Å². The second kappa shape index (κ2) is 9.32. The molecular weight excluding hydrogens is 480 g/mol. The van der Waals surface area contributed by atoms with Crippen molar-refractivity contribution in [2.75, 3.05) is 4.31 Å². The number of sulfonamides is 1. The van der Waals surface area contributed by atoms with E-state index in [-0.39, 0.29) is 22.9 Å². The molecule has 5 nitrogen and oxygen atoms in total. The van der Waals surface area contributed by atoms with Gasteiger partial charge in [-0.05, 0) is 93.0 Å². The van der Waals surface area contributed by atoms with E-state index < -0.39 is 10.0 Å². The van der Waals surface area contributed by atoms with Crippen LogP contribution in [0.15, 0.2) is 83.8 Å². The molecular formula is C31H34N2O3S. The fourth-order valence-corrected chi connectivity index (χ4v) is 8.81. The quantitative estimate of drug-likeness (QED) is 0.415. The number of carbonyl (C=O) groups excluding carboxylic acids is 1. The van der Waals surface area contributed by atoms with Gasteiger partial charge in [-0.1, -0.05) is 60.2 Å². The lowest BCUT2D eigenvalue weighted by Gasteiger charge is -2.56. The van der Waals surface area contributed by atoms with E-state index in [4.69, 9.17) is 0 Å². The Kier molecular flexibility index (Phi) is 6.10. The zero-order valence-electron chi connectivity index (χ0n) is 21.3. The lowest BCUT2D eigenvalue weighted by molar-refractivity contribution is -0.0166. The third-order valence-corrected chi connectivity index (χ3v) is 10.4. The second-order valence-corrected chi connectivity index (χ2v) is 13.3. The molecule has 0 saturated heterocycles. The first-order chi connectivity index (χ1) is 17.8. The van der Waals surface area contributed by atoms with Crippen LogP contribution in [0.5, 0.6) is 0 Å². The molecule has 4 fully saturated rings. The maximum absolute atomic E-state index is 14.0. The average molecular weight is 515 g/mol. The molecule has 3 aromatic rings. The van der Waals surface area contributed by atoms with Crippen molar-refractivity contribution in [1.82, 2.24) is 5.32 Å². The van der Waals surface area contributed by atoms with Crippen LogP contribution in [0.3, 0.4) is 0 Å². The summed E-state index contributed by atoms with van der Waals surface area (Å²) in [6.07, 6.45) is 7.02. The van der Waals surface area contributed by atoms with Crippen LogP contribution in [0.4, 0.5) is 5.69 Å². The van der Waals surface area contributed by atoms with Gasteiger partial charge in [-0.3, -0.25) is 9.10 Å². The minimum atomic E-state index is -3.92. The van der Waals surface area contributed by atoms with E-state index in [0.29, 0.717) is 29.0 Å². The molecule has 4 bridgehead atoms. The van der Waals surface area contributed by atoms with Gasteiger partial charge in [-0.15, -0.1) is 0 Å². The first-order valence-corrected chi connectivity index (χ1v) is 14.8. The molecule has 7 rings (SSSR count). The monoisotopic (exact) mass is 514 g/mol. The molecule has 0 atom stereocenters. The zero-order valence-corrected chi connectivity index (χ0v) is 22.1. The normalized spacial score (nSPS) is 26.1. The van der Waals surface area contributed by atoms with Crippen molar-refractivity contribution in [3.05, 3.63) is 95.6 Å². The SMILES string of the molecule is Cc1ccc(S(=O)(=O)N(Cc2ccccc2)c2ccccc2C(=O)NC23CC4CC(CC(C4)C2)C3)cc1. The summed E-state index contributed by atoms with van der Waals surface area (Å²) in [6.45, 7) is 2.07. The van der Waals surface area contributed by atoms with Crippen LogP contribution in [0, 0.1) is 24.7 Å². The van der Waals surface area contributed by atoms with E-state index in [9.17, 15) is 13.2 Å². The summed E-state index contributed by atoms with van der Waals surface area (Å²) in [6, 6.07) is 23.6. The number of aryl methyl sites for hydroxylation is 1. The highest BCUT2D eigenvalue weighted by Crippen LogP contribution is 2.55. The predicted molar refractivity (Wildman–Crippen MR) is 146 cm³/mol. The van der Waals surface area contributed by atoms with Crippen molar-refractivity contribution >= 4 is 21.6 Å². The largest absolute Gasteiger partial charge is 0.347 e. The summed E-state index contributed by atoms with van der Waals surface area (Å²) < 4.78 is 29.4. The Hall–Kier alpha value is -3.12. The number of para-hydroxylation sites is 1. The minimum Gasteiger partial charge on any atom is -0.347 e. The Morgan fingerprint density at radius 2 is 1.41 bits per heavy atom. The molecule has 192 valence electrons. The average Bonchev–Trinajstić information content (AvgIpc) is 2.87. The van der Waals surface area contributed by atoms with Crippen LogP contribution in [-0.4, -0.2) is 19.9 Å². The van der Waals surface area contributed by atoms with Gasteiger partial charge in [0.1, 0.15) is 0 Å². The topological polar surface area (TPSA) is 66.5 Å². The molecule has 0 spiro atoms. The summed E-state index contributed by atoms with van der Waals surface area (Å²) in [7, 11) is -3.92. The van der Waals surface area contributed by atoms with Crippen molar-refractivity contribution in [2.45, 2.75) is 62.4 Å². The molecule has 4 saturated carbocycles. The van der Waals surface area contributed by atoms with Crippen molar-refractivity contribution in [3.8, 4) is 0 Å². The number of carbonyl (C=O) groups is 1. The Morgan fingerprint density at radius 3 is 2.03 bits per heavy atom. The molecule has 1 N–H and O–H groups in total. The van der Waals surface area contributed by atoms with Crippen molar-refractivity contribution < 1.29 is 13.2 Å². The van der Waals surface area contributed by atoms with Gasteiger partial charge in [0.25, 0.3) is 15.9 Å². The molecule has 0 unspecified atom stereocenters. The van der Waals surface area contributed by atoms with Gasteiger partial charge in [-0.25, -0.2) is 8.42 Å². The molecule has 6 heteroatoms. The number of nitrogens with zero attached hydrogens (tertiary/aromatic N) is 1. The van der Waals surface area contributed by atoms with Crippen LogP contribution in [0.1, 0.15) is 60.0 Å². The van der Waals surface area contributed by atoms with Crippen LogP contribution >= 0.6 is 0 Å². The van der Waals surface area contributed by atoms with Gasteiger partial charge in [-0.2, -0.15) is 0 Å². The lowest BCUT2D eigenvalue weighted by atomic mass is 9.53. The van der Waals surface area contributed by atoms with E-state index >= 15 is 0 Å². The van der Waals surface area contributed by atoms with Crippen LogP contribution in [0.25, 0.3) is 0 Å². The van der Waals surface area contributed by atoms with Crippen molar-refractivity contribution in [3.63, 3.8) is 0 Å². The Morgan fingerprint density at radius 1 is 0.838 bits per heavy atom. The molecule has 37 heavy (non-hydrogen) atoms. The molecule has 0 radical (unpaired) electrons. The number of nitrogens with one attached hydrogen (secondary N) is 1. The van der Waals surface area contributed by atoms with Crippen LogP contribution < -0.4 is 9.62 Å². The van der Waals surface area contributed by atoms with Gasteiger partial charge in [0.05, 0.1) is 22.7 Å². The molecule has 4 aliphatic rings. The van der Waals surface area contributed by atoms with Crippen molar-refractivity contribution in [1.29, 1.82) is 0 Å². The number of benzene rings is 3. The Bertz CT molecular complexity index is 1360. The first kappa shape index (κ1) is 24.2. The molecule has 0 aliphatic heterocycles. The van der Waals surface area contributed by atoms with Gasteiger partial charge in [0.15, 0.2) is 0 Å². The number of rotatable bonds is 7. The van der Waals surface area contributed by atoms with E-state index in [0.717, 1.165) is 30.4 Å². The zero-order chi connectivity index (χ0) is 25.6. The highest BCUT2D eigenvalue weighted by molar-refractivity contribution is 7.92. The summed E-state index contributed by atoms with van der Waals surface area (Å²) in [5.41, 5.74) is 2.51. The van der Waals surface area contributed by atoms with Crippen molar-refractivity contribution in [2.24, 2.45) is 17.8 Å². The maximum atomic E-state index is 14.0. The molecule has 4 aliphatic carbocycles. The van der Waals surface area contributed by atoms with Gasteiger partial charge >= 0.3 is 0 Å². The van der Waals surface area contributed by atoms with E-state index in [1.807, 2.05) is 43.3 Å². The molecule has 0 heterocycles. The second-order valence-electron chi connectivity index (χ2n) is 11.5. The summed E-state index contributed by atoms with van der Waals surface area (Å²) in [5, 5.41) is 3.44. The predicted octanol–water partition coefficient (Wildman–Crippen LogP) is 6.09. The lowest BCUT2D eigenvalue weighted by Crippen LogP contribution is -2.59.